The average molecular weight is 248 g/mol. The first-order valence-electron chi connectivity index (χ1n) is 6.82. The summed E-state index contributed by atoms with van der Waals surface area (Å²) in [5.41, 5.74) is 8.39. The lowest BCUT2D eigenvalue weighted by atomic mass is 10.0. The monoisotopic (exact) mass is 248 g/mol. The first-order valence-corrected chi connectivity index (χ1v) is 6.82. The summed E-state index contributed by atoms with van der Waals surface area (Å²) in [5.74, 6) is 1.62. The van der Waals surface area contributed by atoms with Gasteiger partial charge >= 0.3 is 0 Å². The van der Waals surface area contributed by atoms with Crippen molar-refractivity contribution in [1.29, 1.82) is 0 Å². The van der Waals surface area contributed by atoms with Gasteiger partial charge in [-0.3, -0.25) is 0 Å². The van der Waals surface area contributed by atoms with Gasteiger partial charge in [0.1, 0.15) is 5.75 Å². The van der Waals surface area contributed by atoms with E-state index in [0.717, 1.165) is 44.8 Å². The van der Waals surface area contributed by atoms with Crippen LogP contribution in [-0.4, -0.2) is 31.6 Å². The number of nitrogens with zero attached hydrogens (tertiary/aromatic N) is 1. The third kappa shape index (κ3) is 3.47. The Morgan fingerprint density at radius 2 is 2.28 bits per heavy atom. The summed E-state index contributed by atoms with van der Waals surface area (Å²) in [5, 5.41) is 0. The molecule has 0 saturated heterocycles. The SMILES string of the molecule is CC(CN)CN(C)Cc1ccc2c(c1)CCCO2. The summed E-state index contributed by atoms with van der Waals surface area (Å²) in [4.78, 5) is 2.34. The molecular formula is C15H24N2O. The number of rotatable bonds is 5. The molecular weight excluding hydrogens is 224 g/mol. The van der Waals surface area contributed by atoms with Gasteiger partial charge in [-0.25, -0.2) is 0 Å². The molecule has 1 aromatic rings. The molecule has 0 radical (unpaired) electrons. The molecule has 0 aliphatic carbocycles. The summed E-state index contributed by atoms with van der Waals surface area (Å²) < 4.78 is 5.64. The fraction of sp³-hybridized carbons (Fsp3) is 0.600. The van der Waals surface area contributed by atoms with E-state index < -0.39 is 0 Å². The minimum absolute atomic E-state index is 0.552. The Kier molecular flexibility index (Phi) is 4.61. The van der Waals surface area contributed by atoms with Gasteiger partial charge in [0, 0.05) is 13.1 Å². The zero-order chi connectivity index (χ0) is 13.0. The summed E-state index contributed by atoms with van der Waals surface area (Å²) in [6.07, 6.45) is 2.28. The maximum atomic E-state index is 5.66. The van der Waals surface area contributed by atoms with E-state index in [4.69, 9.17) is 10.5 Å². The van der Waals surface area contributed by atoms with E-state index >= 15 is 0 Å². The quantitative estimate of drug-likeness (QED) is 0.866. The van der Waals surface area contributed by atoms with Crippen LogP contribution in [0.15, 0.2) is 18.2 Å². The lowest BCUT2D eigenvalue weighted by Gasteiger charge is -2.22. The van der Waals surface area contributed by atoms with Crippen molar-refractivity contribution in [3.8, 4) is 5.75 Å². The van der Waals surface area contributed by atoms with E-state index in [1.807, 2.05) is 0 Å². The molecule has 3 heteroatoms. The predicted molar refractivity (Wildman–Crippen MR) is 74.8 cm³/mol. The van der Waals surface area contributed by atoms with Crippen LogP contribution in [0.1, 0.15) is 24.5 Å². The van der Waals surface area contributed by atoms with Gasteiger partial charge < -0.3 is 15.4 Å². The molecule has 0 spiro atoms. The Balaban J connectivity index is 1.97. The van der Waals surface area contributed by atoms with Crippen molar-refractivity contribution < 1.29 is 4.74 Å². The molecule has 100 valence electrons. The Morgan fingerprint density at radius 3 is 3.06 bits per heavy atom. The molecule has 2 rings (SSSR count). The molecule has 2 N–H and O–H groups in total. The smallest absolute Gasteiger partial charge is 0.122 e. The molecule has 1 aromatic carbocycles. The van der Waals surface area contributed by atoms with Gasteiger partial charge in [0.05, 0.1) is 6.61 Å². The highest BCUT2D eigenvalue weighted by atomic mass is 16.5. The lowest BCUT2D eigenvalue weighted by molar-refractivity contribution is 0.278. The molecule has 0 saturated carbocycles. The van der Waals surface area contributed by atoms with E-state index in [2.05, 4.69) is 37.1 Å². The number of aryl methyl sites for hydroxylation is 1. The third-order valence-electron chi connectivity index (χ3n) is 3.45. The van der Waals surface area contributed by atoms with E-state index in [1.54, 1.807) is 0 Å². The molecule has 3 nitrogen and oxygen atoms in total. The maximum absolute atomic E-state index is 5.66. The van der Waals surface area contributed by atoms with E-state index in [0.29, 0.717) is 5.92 Å². The highest BCUT2D eigenvalue weighted by molar-refractivity contribution is 5.38. The van der Waals surface area contributed by atoms with Crippen LogP contribution in [0.2, 0.25) is 0 Å². The van der Waals surface area contributed by atoms with Gasteiger partial charge in [-0.05, 0) is 49.5 Å². The standard InChI is InChI=1S/C15H24N2O/c1-12(9-16)10-17(2)11-13-5-6-15-14(8-13)4-3-7-18-15/h5-6,8,12H,3-4,7,9-11,16H2,1-2H3. The molecule has 1 unspecified atom stereocenters. The van der Waals surface area contributed by atoms with Crippen molar-refractivity contribution in [2.24, 2.45) is 11.7 Å². The molecule has 18 heavy (non-hydrogen) atoms. The summed E-state index contributed by atoms with van der Waals surface area (Å²) in [6, 6.07) is 6.58. The topological polar surface area (TPSA) is 38.5 Å². The number of hydrogen-bond donors (Lipinski definition) is 1. The molecule has 1 aliphatic heterocycles. The van der Waals surface area contributed by atoms with Crippen molar-refractivity contribution in [3.63, 3.8) is 0 Å². The fourth-order valence-electron chi connectivity index (χ4n) is 2.49. The van der Waals surface area contributed by atoms with E-state index in [1.165, 1.54) is 11.1 Å². The van der Waals surface area contributed by atoms with Gasteiger partial charge in [-0.15, -0.1) is 0 Å². The minimum Gasteiger partial charge on any atom is -0.493 e. The first-order chi connectivity index (χ1) is 8.69. The van der Waals surface area contributed by atoms with Crippen LogP contribution >= 0.6 is 0 Å². The highest BCUT2D eigenvalue weighted by Gasteiger charge is 2.11. The zero-order valence-corrected chi connectivity index (χ0v) is 11.5. The average Bonchev–Trinajstić information content (AvgIpc) is 2.38. The van der Waals surface area contributed by atoms with Crippen LogP contribution in [0.3, 0.4) is 0 Å². The first kappa shape index (κ1) is 13.4. The van der Waals surface area contributed by atoms with Gasteiger partial charge in [0.25, 0.3) is 0 Å². The minimum atomic E-state index is 0.552. The second kappa shape index (κ2) is 6.21. The number of ether oxygens (including phenoxy) is 1. The summed E-state index contributed by atoms with van der Waals surface area (Å²) in [7, 11) is 2.15. The van der Waals surface area contributed by atoms with Gasteiger partial charge in [-0.2, -0.15) is 0 Å². The zero-order valence-electron chi connectivity index (χ0n) is 11.5. The van der Waals surface area contributed by atoms with E-state index in [9.17, 15) is 0 Å². The van der Waals surface area contributed by atoms with Crippen LogP contribution in [-0.2, 0) is 13.0 Å². The largest absolute Gasteiger partial charge is 0.493 e. The lowest BCUT2D eigenvalue weighted by Crippen LogP contribution is -2.28. The molecule has 1 heterocycles. The van der Waals surface area contributed by atoms with Crippen molar-refractivity contribution in [1.82, 2.24) is 4.90 Å². The van der Waals surface area contributed by atoms with Gasteiger partial charge in [0.2, 0.25) is 0 Å². The third-order valence-corrected chi connectivity index (χ3v) is 3.45. The molecule has 0 aromatic heterocycles. The van der Waals surface area contributed by atoms with Crippen molar-refractivity contribution >= 4 is 0 Å². The maximum Gasteiger partial charge on any atom is 0.122 e. The van der Waals surface area contributed by atoms with Crippen LogP contribution in [0.5, 0.6) is 5.75 Å². The van der Waals surface area contributed by atoms with Crippen LogP contribution in [0, 0.1) is 5.92 Å². The summed E-state index contributed by atoms with van der Waals surface area (Å²) in [6.45, 7) is 5.83. The fourth-order valence-corrected chi connectivity index (χ4v) is 2.49. The molecule has 0 bridgehead atoms. The number of fused-ring (bicyclic) bond motifs is 1. The molecule has 1 aliphatic rings. The van der Waals surface area contributed by atoms with E-state index in [-0.39, 0.29) is 0 Å². The Bertz CT molecular complexity index is 392. The Labute approximate surface area is 110 Å². The second-order valence-electron chi connectivity index (χ2n) is 5.43. The molecule has 0 amide bonds. The van der Waals surface area contributed by atoms with Crippen LogP contribution in [0.4, 0.5) is 0 Å². The number of benzene rings is 1. The Hall–Kier alpha value is -1.06. The highest BCUT2D eigenvalue weighted by Crippen LogP contribution is 2.25. The summed E-state index contributed by atoms with van der Waals surface area (Å²) >= 11 is 0. The number of hydrogen-bond acceptors (Lipinski definition) is 3. The van der Waals surface area contributed by atoms with Crippen LogP contribution in [0.25, 0.3) is 0 Å². The van der Waals surface area contributed by atoms with Crippen molar-refractivity contribution in [2.75, 3.05) is 26.7 Å². The van der Waals surface area contributed by atoms with Gasteiger partial charge in [-0.1, -0.05) is 19.1 Å². The molecule has 0 fully saturated rings. The van der Waals surface area contributed by atoms with Gasteiger partial charge in [0.15, 0.2) is 0 Å². The van der Waals surface area contributed by atoms with Crippen molar-refractivity contribution in [3.05, 3.63) is 29.3 Å². The molecule has 1 atom stereocenters. The normalized spacial score (nSPS) is 16.2. The van der Waals surface area contributed by atoms with Crippen molar-refractivity contribution in [2.45, 2.75) is 26.3 Å². The predicted octanol–water partition coefficient (Wildman–Crippen LogP) is 2.04. The van der Waals surface area contributed by atoms with Crippen LogP contribution < -0.4 is 10.5 Å². The second-order valence-corrected chi connectivity index (χ2v) is 5.43. The number of nitrogens with two attached hydrogens (primary N) is 1. The Morgan fingerprint density at radius 1 is 1.44 bits per heavy atom.